The summed E-state index contributed by atoms with van der Waals surface area (Å²) in [5, 5.41) is 0. The van der Waals surface area contributed by atoms with Crippen LogP contribution in [0.1, 0.15) is 111 Å². The maximum atomic E-state index is 4.21. The first-order valence-corrected chi connectivity index (χ1v) is 19.4. The van der Waals surface area contributed by atoms with Gasteiger partial charge in [-0.3, -0.25) is 4.98 Å². The van der Waals surface area contributed by atoms with Crippen molar-refractivity contribution in [2.45, 2.75) is 103 Å². The summed E-state index contributed by atoms with van der Waals surface area (Å²) in [7, 11) is 0. The van der Waals surface area contributed by atoms with Gasteiger partial charge in [-0.15, -0.1) is 0 Å². The Labute approximate surface area is 312 Å². The molecular weight excluding hydrogens is 633 g/mol. The first-order chi connectivity index (χ1) is 25.5. The second kappa shape index (κ2) is 18.4. The van der Waals surface area contributed by atoms with Crippen LogP contribution in [0.2, 0.25) is 0 Å². The number of hydrogen-bond donors (Lipinski definition) is 0. The molecule has 264 valence electrons. The number of hydrogen-bond acceptors (Lipinski definition) is 1. The molecule has 0 saturated carbocycles. The van der Waals surface area contributed by atoms with Crippen LogP contribution in [-0.4, -0.2) is 4.98 Å². The van der Waals surface area contributed by atoms with Crippen molar-refractivity contribution in [3.63, 3.8) is 0 Å². The molecule has 0 N–H and O–H groups in total. The van der Waals surface area contributed by atoms with Gasteiger partial charge in [0.05, 0.1) is 18.2 Å². The van der Waals surface area contributed by atoms with Gasteiger partial charge in [0, 0.05) is 54.4 Å². The standard InChI is InChI=1S/C48H56N4/c1-5-42(33-38(4)45-19-27-50(28-20-45)35-39-11-9-8-10-12-39)47-21-29-51(30-22-47)36-40-13-15-41(16-14-40)37-52-31-23-48(24-32-52)44(7-3)34-43(6-2)46-17-25-49-26-18-46/h8-15,17-32,38,42-44H,5-7,33-37H2,1-4H3/q+4. The predicted octanol–water partition coefficient (Wildman–Crippen LogP) is 9.68. The predicted molar refractivity (Wildman–Crippen MR) is 210 cm³/mol. The number of allylic oxidation sites excluding steroid dienone is 6. The van der Waals surface area contributed by atoms with Crippen LogP contribution in [0.4, 0.5) is 0 Å². The Morgan fingerprint density at radius 2 is 1.04 bits per heavy atom. The minimum atomic E-state index is 0.499. The fraction of sp³-hybridized carbons (Fsp3) is 0.333. The number of aromatic nitrogens is 4. The normalized spacial score (nSPS) is 14.8. The van der Waals surface area contributed by atoms with Crippen molar-refractivity contribution in [1.29, 1.82) is 0 Å². The number of pyridine rings is 4. The van der Waals surface area contributed by atoms with Gasteiger partial charge in [0.25, 0.3) is 0 Å². The van der Waals surface area contributed by atoms with E-state index in [2.05, 4.69) is 187 Å². The van der Waals surface area contributed by atoms with E-state index >= 15 is 0 Å². The van der Waals surface area contributed by atoms with Crippen LogP contribution in [0.25, 0.3) is 0 Å². The van der Waals surface area contributed by atoms with Crippen molar-refractivity contribution >= 4 is 0 Å². The Bertz CT molecular complexity index is 1910. The SMILES string of the molecule is CCC(CC(C)c1cc[n+](Cc2ccccc2)cc1)c1cc[n+](CC2=C[C+]=C(C[n+]3ccc(C(CC)CC(CC)c4ccncc4)cc3)C=C2)cc1. The van der Waals surface area contributed by atoms with Crippen LogP contribution < -0.4 is 13.7 Å². The lowest BCUT2D eigenvalue weighted by Crippen LogP contribution is -2.34. The molecule has 1 aliphatic rings. The van der Waals surface area contributed by atoms with Crippen LogP contribution in [-0.2, 0) is 19.6 Å². The molecule has 4 aromatic heterocycles. The zero-order valence-electron chi connectivity index (χ0n) is 31.6. The number of nitrogens with zero attached hydrogens (tertiary/aromatic N) is 4. The van der Waals surface area contributed by atoms with Gasteiger partial charge in [0.15, 0.2) is 49.3 Å². The van der Waals surface area contributed by atoms with E-state index in [-0.39, 0.29) is 0 Å². The Hall–Kier alpha value is -5.05. The summed E-state index contributed by atoms with van der Waals surface area (Å²) in [6.07, 6.45) is 33.2. The molecule has 0 amide bonds. The highest BCUT2D eigenvalue weighted by Gasteiger charge is 2.21. The van der Waals surface area contributed by atoms with Gasteiger partial charge in [-0.05, 0) is 90.2 Å². The quantitative estimate of drug-likeness (QED) is 0.0706. The van der Waals surface area contributed by atoms with Gasteiger partial charge < -0.3 is 0 Å². The minimum Gasteiger partial charge on any atom is -0.265 e. The van der Waals surface area contributed by atoms with Gasteiger partial charge in [-0.1, -0.05) is 58.0 Å². The van der Waals surface area contributed by atoms with E-state index in [1.54, 1.807) is 0 Å². The Morgan fingerprint density at radius 1 is 0.538 bits per heavy atom. The molecule has 5 aromatic rings. The fourth-order valence-corrected chi connectivity index (χ4v) is 7.64. The monoisotopic (exact) mass is 688 g/mol. The van der Waals surface area contributed by atoms with Gasteiger partial charge in [0.2, 0.25) is 13.1 Å². The topological polar surface area (TPSA) is 24.5 Å². The summed E-state index contributed by atoms with van der Waals surface area (Å²) >= 11 is 0. The third kappa shape index (κ3) is 10.0. The van der Waals surface area contributed by atoms with Crippen molar-refractivity contribution < 1.29 is 13.7 Å². The largest absolute Gasteiger partial charge is 0.265 e. The van der Waals surface area contributed by atoms with Crippen molar-refractivity contribution in [2.24, 2.45) is 0 Å². The van der Waals surface area contributed by atoms with E-state index < -0.39 is 0 Å². The van der Waals surface area contributed by atoms with Crippen LogP contribution in [0, 0.1) is 6.08 Å². The highest BCUT2D eigenvalue weighted by atomic mass is 14.9. The molecular formula is C48H56N4+4. The number of rotatable bonds is 17. The summed E-state index contributed by atoms with van der Waals surface area (Å²) in [6, 6.07) is 28.9. The summed E-state index contributed by atoms with van der Waals surface area (Å²) in [6.45, 7) is 11.9. The first kappa shape index (κ1) is 36.7. The second-order valence-electron chi connectivity index (χ2n) is 14.6. The van der Waals surface area contributed by atoms with Crippen molar-refractivity contribution in [2.75, 3.05) is 0 Å². The van der Waals surface area contributed by atoms with Crippen molar-refractivity contribution in [3.8, 4) is 0 Å². The van der Waals surface area contributed by atoms with E-state index in [1.807, 2.05) is 12.4 Å². The summed E-state index contributed by atoms with van der Waals surface area (Å²) in [5.41, 5.74) is 9.45. The van der Waals surface area contributed by atoms with E-state index in [0.717, 1.165) is 45.3 Å². The molecule has 0 radical (unpaired) electrons. The maximum Gasteiger partial charge on any atom is 0.216 e. The molecule has 4 heterocycles. The molecule has 4 heteroatoms. The van der Waals surface area contributed by atoms with Crippen LogP contribution in [0.3, 0.4) is 0 Å². The van der Waals surface area contributed by atoms with Crippen molar-refractivity contribution in [1.82, 2.24) is 4.98 Å². The fourth-order valence-electron chi connectivity index (χ4n) is 7.64. The molecule has 4 atom stereocenters. The molecule has 0 saturated heterocycles. The first-order valence-electron chi connectivity index (χ1n) is 19.4. The van der Waals surface area contributed by atoms with E-state index in [9.17, 15) is 0 Å². The zero-order valence-corrected chi connectivity index (χ0v) is 31.6. The number of benzene rings is 1. The highest BCUT2D eigenvalue weighted by molar-refractivity contribution is 5.34. The average molecular weight is 689 g/mol. The molecule has 4 unspecified atom stereocenters. The highest BCUT2D eigenvalue weighted by Crippen LogP contribution is 2.34. The van der Waals surface area contributed by atoms with Crippen LogP contribution in [0.5, 0.6) is 0 Å². The van der Waals surface area contributed by atoms with Crippen LogP contribution >= 0.6 is 0 Å². The van der Waals surface area contributed by atoms with E-state index in [1.165, 1.54) is 45.4 Å². The second-order valence-corrected chi connectivity index (χ2v) is 14.6. The minimum absolute atomic E-state index is 0.499. The summed E-state index contributed by atoms with van der Waals surface area (Å²) in [5.74, 6) is 2.15. The van der Waals surface area contributed by atoms with Gasteiger partial charge in [-0.25, -0.2) is 4.57 Å². The third-order valence-corrected chi connectivity index (χ3v) is 11.0. The molecule has 0 bridgehead atoms. The Kier molecular flexibility index (Phi) is 13.0. The van der Waals surface area contributed by atoms with Crippen molar-refractivity contribution in [3.05, 3.63) is 192 Å². The van der Waals surface area contributed by atoms with Gasteiger partial charge in [0.1, 0.15) is 11.6 Å². The van der Waals surface area contributed by atoms with Gasteiger partial charge in [-0.2, -0.15) is 9.13 Å². The summed E-state index contributed by atoms with van der Waals surface area (Å²) in [4.78, 5) is 4.21. The molecule has 4 nitrogen and oxygen atoms in total. The molecule has 0 aliphatic heterocycles. The zero-order chi connectivity index (χ0) is 36.1. The molecule has 0 fully saturated rings. The average Bonchev–Trinajstić information content (AvgIpc) is 3.20. The molecule has 1 aliphatic carbocycles. The van der Waals surface area contributed by atoms with Crippen LogP contribution in [0.15, 0.2) is 158 Å². The lowest BCUT2D eigenvalue weighted by molar-refractivity contribution is -0.689. The third-order valence-electron chi connectivity index (χ3n) is 11.0. The lowest BCUT2D eigenvalue weighted by Gasteiger charge is -2.22. The Morgan fingerprint density at radius 3 is 1.58 bits per heavy atom. The summed E-state index contributed by atoms with van der Waals surface area (Å²) < 4.78 is 6.80. The molecule has 1 aromatic carbocycles. The molecule has 52 heavy (non-hydrogen) atoms. The van der Waals surface area contributed by atoms with E-state index in [4.69, 9.17) is 0 Å². The molecule has 6 rings (SSSR count). The molecule has 0 spiro atoms. The Balaban J connectivity index is 0.993. The maximum absolute atomic E-state index is 4.21. The van der Waals surface area contributed by atoms with E-state index in [0.29, 0.717) is 23.7 Å². The lowest BCUT2D eigenvalue weighted by atomic mass is 9.83. The smallest absolute Gasteiger partial charge is 0.216 e. The van der Waals surface area contributed by atoms with Gasteiger partial charge >= 0.3 is 0 Å².